The number of carbonyl (C=O) groups excluding carboxylic acids is 3. The Morgan fingerprint density at radius 2 is 1.53 bits per heavy atom. The molecular weight excluding hydrogens is 494 g/mol. The van der Waals surface area contributed by atoms with Gasteiger partial charge in [-0.25, -0.2) is 4.79 Å². The predicted molar refractivity (Wildman–Crippen MR) is 140 cm³/mol. The topological polar surface area (TPSA) is 204 Å². The molecule has 0 aliphatic rings. The van der Waals surface area contributed by atoms with Crippen LogP contribution in [-0.2, 0) is 30.4 Å². The highest BCUT2D eigenvalue weighted by Crippen LogP contribution is 2.19. The van der Waals surface area contributed by atoms with Crippen LogP contribution in [0, 0.1) is 11.8 Å². The number of para-hydroxylation sites is 1. The van der Waals surface area contributed by atoms with E-state index in [-0.39, 0.29) is 18.8 Å². The number of carboxylic acids is 2. The van der Waals surface area contributed by atoms with Gasteiger partial charge in [0, 0.05) is 23.5 Å². The van der Waals surface area contributed by atoms with Gasteiger partial charge in [0.15, 0.2) is 0 Å². The zero-order valence-electron chi connectivity index (χ0n) is 22.0. The summed E-state index contributed by atoms with van der Waals surface area (Å²) < 4.78 is 0. The van der Waals surface area contributed by atoms with Gasteiger partial charge in [-0.1, -0.05) is 45.9 Å². The van der Waals surface area contributed by atoms with E-state index in [2.05, 4.69) is 20.9 Å². The minimum absolute atomic E-state index is 0.0251. The Bertz CT molecular complexity index is 1160. The quantitative estimate of drug-likeness (QED) is 0.185. The molecule has 4 atom stereocenters. The Morgan fingerprint density at radius 1 is 0.895 bits per heavy atom. The Labute approximate surface area is 220 Å². The largest absolute Gasteiger partial charge is 0.481 e. The maximum atomic E-state index is 13.2. The first kappa shape index (κ1) is 30.3. The molecule has 1 heterocycles. The number of nitrogens with two attached hydrogens (primary N) is 1. The molecule has 12 heteroatoms. The van der Waals surface area contributed by atoms with Gasteiger partial charge in [0.25, 0.3) is 0 Å². The number of hydrogen-bond acceptors (Lipinski definition) is 6. The number of nitrogens with one attached hydrogen (secondary N) is 4. The molecule has 0 aliphatic carbocycles. The van der Waals surface area contributed by atoms with E-state index in [0.29, 0.717) is 0 Å². The normalized spacial score (nSPS) is 14.5. The molecular formula is C26H37N5O7. The Morgan fingerprint density at radius 3 is 2.11 bits per heavy atom. The van der Waals surface area contributed by atoms with Crippen molar-refractivity contribution in [1.29, 1.82) is 0 Å². The lowest BCUT2D eigenvalue weighted by atomic mass is 9.98. The number of amides is 3. The molecule has 0 aliphatic heterocycles. The van der Waals surface area contributed by atoms with Crippen LogP contribution in [0.5, 0.6) is 0 Å². The molecule has 8 N–H and O–H groups in total. The lowest BCUT2D eigenvalue weighted by molar-refractivity contribution is -0.142. The Balaban J connectivity index is 2.15. The third kappa shape index (κ3) is 8.58. The zero-order chi connectivity index (χ0) is 28.6. The fraction of sp³-hybridized carbons (Fsp3) is 0.500. The SMILES string of the molecule is CC(C)CC(NC(=O)C(N)CC(=O)O)C(=O)NC(C(=O)NC(Cc1c[nH]c2ccccc12)C(=O)O)C(C)C. The van der Waals surface area contributed by atoms with E-state index >= 15 is 0 Å². The predicted octanol–water partition coefficient (Wildman–Crippen LogP) is 0.754. The van der Waals surface area contributed by atoms with Gasteiger partial charge in [0.1, 0.15) is 18.1 Å². The number of carbonyl (C=O) groups is 5. The average molecular weight is 532 g/mol. The number of H-pyrrole nitrogens is 1. The molecule has 1 aromatic heterocycles. The van der Waals surface area contributed by atoms with E-state index in [1.807, 2.05) is 38.1 Å². The smallest absolute Gasteiger partial charge is 0.326 e. The van der Waals surface area contributed by atoms with Crippen molar-refractivity contribution in [3.63, 3.8) is 0 Å². The third-order valence-electron chi connectivity index (χ3n) is 6.03. The van der Waals surface area contributed by atoms with Gasteiger partial charge in [-0.3, -0.25) is 19.2 Å². The molecule has 12 nitrogen and oxygen atoms in total. The maximum absolute atomic E-state index is 13.2. The van der Waals surface area contributed by atoms with Crippen molar-refractivity contribution in [3.05, 3.63) is 36.0 Å². The maximum Gasteiger partial charge on any atom is 0.326 e. The molecule has 4 unspecified atom stereocenters. The van der Waals surface area contributed by atoms with Crippen LogP contribution in [0.4, 0.5) is 0 Å². The van der Waals surface area contributed by atoms with Crippen LogP contribution in [0.1, 0.15) is 46.1 Å². The van der Waals surface area contributed by atoms with Crippen LogP contribution in [0.3, 0.4) is 0 Å². The van der Waals surface area contributed by atoms with Crippen LogP contribution < -0.4 is 21.7 Å². The van der Waals surface area contributed by atoms with Crippen molar-refractivity contribution >= 4 is 40.6 Å². The number of aliphatic carboxylic acids is 2. The second kappa shape index (κ2) is 13.6. The summed E-state index contributed by atoms with van der Waals surface area (Å²) in [6.45, 7) is 7.05. The van der Waals surface area contributed by atoms with Crippen molar-refractivity contribution in [2.45, 2.75) is 71.1 Å². The molecule has 0 spiro atoms. The second-order valence-electron chi connectivity index (χ2n) is 10.1. The number of fused-ring (bicyclic) bond motifs is 1. The number of aromatic amines is 1. The summed E-state index contributed by atoms with van der Waals surface area (Å²) in [5.74, 6) is -5.07. The Hall–Kier alpha value is -3.93. The number of rotatable bonds is 14. The van der Waals surface area contributed by atoms with Crippen LogP contribution in [0.25, 0.3) is 10.9 Å². The van der Waals surface area contributed by atoms with Crippen molar-refractivity contribution in [1.82, 2.24) is 20.9 Å². The monoisotopic (exact) mass is 531 g/mol. The first-order valence-electron chi connectivity index (χ1n) is 12.5. The molecule has 0 saturated carbocycles. The van der Waals surface area contributed by atoms with E-state index in [1.54, 1.807) is 20.0 Å². The summed E-state index contributed by atoms with van der Waals surface area (Å²) in [5, 5.41) is 27.1. The van der Waals surface area contributed by atoms with Gasteiger partial charge >= 0.3 is 11.9 Å². The standard InChI is InChI=1S/C26H37N5O7/c1-13(2)9-19(29-23(34)17(27)11-21(32)33)24(35)31-22(14(3)4)25(36)30-20(26(37)38)10-15-12-28-18-8-6-5-7-16(15)18/h5-8,12-14,17,19-20,22,28H,9-11,27H2,1-4H3,(H,29,34)(H,30,36)(H,31,35)(H,32,33)(H,37,38). The first-order chi connectivity index (χ1) is 17.8. The number of hydrogen-bond donors (Lipinski definition) is 7. The molecule has 1 aromatic carbocycles. The first-order valence-corrected chi connectivity index (χ1v) is 12.5. The molecule has 0 saturated heterocycles. The number of aromatic nitrogens is 1. The van der Waals surface area contributed by atoms with E-state index in [1.165, 1.54) is 0 Å². The van der Waals surface area contributed by atoms with Crippen molar-refractivity contribution in [2.24, 2.45) is 17.6 Å². The van der Waals surface area contributed by atoms with Crippen molar-refractivity contribution < 1.29 is 34.2 Å². The molecule has 0 radical (unpaired) electrons. The summed E-state index contributed by atoms with van der Waals surface area (Å²) in [6, 6.07) is 2.64. The van der Waals surface area contributed by atoms with Crippen LogP contribution in [0.2, 0.25) is 0 Å². The zero-order valence-corrected chi connectivity index (χ0v) is 22.0. The van der Waals surface area contributed by atoms with Crippen LogP contribution in [0.15, 0.2) is 30.5 Å². The minimum Gasteiger partial charge on any atom is -0.481 e. The van der Waals surface area contributed by atoms with Gasteiger partial charge in [-0.15, -0.1) is 0 Å². The highest BCUT2D eigenvalue weighted by molar-refractivity contribution is 5.95. The van der Waals surface area contributed by atoms with Gasteiger partial charge in [-0.2, -0.15) is 0 Å². The summed E-state index contributed by atoms with van der Waals surface area (Å²) in [5.41, 5.74) is 7.18. The summed E-state index contributed by atoms with van der Waals surface area (Å²) in [7, 11) is 0. The van der Waals surface area contributed by atoms with Crippen LogP contribution in [-0.4, -0.2) is 69.0 Å². The van der Waals surface area contributed by atoms with E-state index in [4.69, 9.17) is 10.8 Å². The van der Waals surface area contributed by atoms with Gasteiger partial charge in [-0.05, 0) is 29.9 Å². The van der Waals surface area contributed by atoms with E-state index < -0.39 is 66.2 Å². The van der Waals surface area contributed by atoms with Crippen molar-refractivity contribution in [2.75, 3.05) is 0 Å². The van der Waals surface area contributed by atoms with Gasteiger partial charge in [0.2, 0.25) is 17.7 Å². The fourth-order valence-electron chi connectivity index (χ4n) is 4.03. The van der Waals surface area contributed by atoms with Crippen LogP contribution >= 0.6 is 0 Å². The Kier molecular flexibility index (Phi) is 10.8. The summed E-state index contributed by atoms with van der Waals surface area (Å²) in [4.78, 5) is 64.6. The second-order valence-corrected chi connectivity index (χ2v) is 10.1. The van der Waals surface area contributed by atoms with E-state index in [9.17, 15) is 29.1 Å². The molecule has 208 valence electrons. The molecule has 2 aromatic rings. The highest BCUT2D eigenvalue weighted by atomic mass is 16.4. The average Bonchev–Trinajstić information content (AvgIpc) is 3.23. The van der Waals surface area contributed by atoms with Gasteiger partial charge in [0.05, 0.1) is 12.5 Å². The van der Waals surface area contributed by atoms with Crippen molar-refractivity contribution in [3.8, 4) is 0 Å². The lowest BCUT2D eigenvalue weighted by Gasteiger charge is -2.27. The molecule has 3 amide bonds. The number of benzene rings is 1. The molecule has 0 fully saturated rings. The third-order valence-corrected chi connectivity index (χ3v) is 6.03. The summed E-state index contributed by atoms with van der Waals surface area (Å²) >= 11 is 0. The molecule has 38 heavy (non-hydrogen) atoms. The van der Waals surface area contributed by atoms with E-state index in [0.717, 1.165) is 16.5 Å². The minimum atomic E-state index is -1.35. The van der Waals surface area contributed by atoms with Gasteiger partial charge < -0.3 is 36.9 Å². The fourth-order valence-corrected chi connectivity index (χ4v) is 4.03. The lowest BCUT2D eigenvalue weighted by Crippen LogP contribution is -2.58. The number of carboxylic acid groups (broad SMARTS) is 2. The highest BCUT2D eigenvalue weighted by Gasteiger charge is 2.32. The summed E-state index contributed by atoms with van der Waals surface area (Å²) in [6.07, 6.45) is 1.33. The molecule has 2 rings (SSSR count). The molecule has 0 bridgehead atoms.